The molecule has 3 aromatic carbocycles. The van der Waals surface area contributed by atoms with E-state index in [1.54, 1.807) is 24.4 Å². The molecule has 0 saturated carbocycles. The molecule has 240 valence electrons. The Morgan fingerprint density at radius 3 is 2.31 bits per heavy atom. The van der Waals surface area contributed by atoms with Crippen molar-refractivity contribution in [1.82, 2.24) is 19.2 Å². The van der Waals surface area contributed by atoms with Gasteiger partial charge in [-0.05, 0) is 87.1 Å². The highest BCUT2D eigenvalue weighted by Crippen LogP contribution is 2.39. The predicted octanol–water partition coefficient (Wildman–Crippen LogP) is 6.94. The Morgan fingerprint density at radius 1 is 1.04 bits per heavy atom. The van der Waals surface area contributed by atoms with Crippen molar-refractivity contribution in [1.29, 1.82) is 0 Å². The number of imidazole rings is 1. The van der Waals surface area contributed by atoms with Gasteiger partial charge in [-0.25, -0.2) is 31.3 Å². The van der Waals surface area contributed by atoms with Crippen molar-refractivity contribution in [2.45, 2.75) is 54.0 Å². The van der Waals surface area contributed by atoms with E-state index in [2.05, 4.69) is 14.6 Å². The van der Waals surface area contributed by atoms with Crippen LogP contribution in [0.4, 0.5) is 13.2 Å². The van der Waals surface area contributed by atoms with Crippen LogP contribution in [0.5, 0.6) is 5.75 Å². The zero-order valence-electron chi connectivity index (χ0n) is 25.3. The van der Waals surface area contributed by atoms with E-state index in [4.69, 9.17) is 16.3 Å². The fourth-order valence-corrected chi connectivity index (χ4v) is 7.87. The van der Waals surface area contributed by atoms with Crippen LogP contribution in [-0.2, 0) is 21.2 Å². The van der Waals surface area contributed by atoms with Crippen LogP contribution in [0.2, 0.25) is 5.02 Å². The summed E-state index contributed by atoms with van der Waals surface area (Å²) in [6, 6.07) is 12.7. The standard InChI is InChI=1S/C32H34ClF3N4O3S2/c1-32(2,20-5-10-26(33)29(15-20)43-4)30-18-37-31(40(30)23-8-6-21(34)7-9-23)44-19-25-27(35)16-24(17-28(25)36)45(41,42)38-22-11-13-39(3)14-12-22/h5-10,15-18,22,38H,11-14,19H2,1-4H3. The number of nitrogens with zero attached hydrogens (tertiary/aromatic N) is 3. The summed E-state index contributed by atoms with van der Waals surface area (Å²) in [5, 5.41) is 0.867. The van der Waals surface area contributed by atoms with Crippen molar-refractivity contribution in [3.63, 3.8) is 0 Å². The van der Waals surface area contributed by atoms with Crippen LogP contribution in [0.25, 0.3) is 5.69 Å². The van der Waals surface area contributed by atoms with Gasteiger partial charge >= 0.3 is 0 Å². The number of ether oxygens (including phenoxy) is 1. The van der Waals surface area contributed by atoms with Gasteiger partial charge in [0.25, 0.3) is 0 Å². The number of thioether (sulfide) groups is 1. The SMILES string of the molecule is COc1cc(C(C)(C)c2cnc(SCc3c(F)cc(S(=O)(=O)NC4CCN(C)CC4)cc3F)n2-c2ccc(F)cc2)ccc1Cl. The molecule has 1 fully saturated rings. The van der Waals surface area contributed by atoms with Crippen LogP contribution in [0, 0.1) is 17.5 Å². The van der Waals surface area contributed by atoms with E-state index in [1.807, 2.05) is 37.6 Å². The van der Waals surface area contributed by atoms with Crippen molar-refractivity contribution < 1.29 is 26.3 Å². The molecule has 1 aliphatic rings. The van der Waals surface area contributed by atoms with Gasteiger partial charge in [-0.1, -0.05) is 43.3 Å². The van der Waals surface area contributed by atoms with E-state index in [0.29, 0.717) is 34.5 Å². The molecule has 0 unspecified atom stereocenters. The van der Waals surface area contributed by atoms with Crippen LogP contribution in [0.3, 0.4) is 0 Å². The largest absolute Gasteiger partial charge is 0.495 e. The molecule has 5 rings (SSSR count). The highest BCUT2D eigenvalue weighted by Gasteiger charge is 2.31. The smallest absolute Gasteiger partial charge is 0.241 e. The summed E-state index contributed by atoms with van der Waals surface area (Å²) in [7, 11) is -0.634. The molecule has 0 bridgehead atoms. The molecule has 1 saturated heterocycles. The third-order valence-corrected chi connectivity index (χ3v) is 10.9. The monoisotopic (exact) mass is 678 g/mol. The van der Waals surface area contributed by atoms with E-state index < -0.39 is 37.8 Å². The molecule has 0 spiro atoms. The summed E-state index contributed by atoms with van der Waals surface area (Å²) in [4.78, 5) is 6.23. The van der Waals surface area contributed by atoms with E-state index >= 15 is 8.78 Å². The Kier molecular flexibility index (Phi) is 9.90. The van der Waals surface area contributed by atoms with Gasteiger partial charge in [0.1, 0.15) is 23.2 Å². The lowest BCUT2D eigenvalue weighted by molar-refractivity contribution is 0.248. The molecule has 1 aliphatic heterocycles. The van der Waals surface area contributed by atoms with Crippen LogP contribution < -0.4 is 9.46 Å². The molecule has 2 heterocycles. The normalized spacial score (nSPS) is 15.0. The first kappa shape index (κ1) is 33.3. The summed E-state index contributed by atoms with van der Waals surface area (Å²) < 4.78 is 80.2. The molecule has 4 aromatic rings. The van der Waals surface area contributed by atoms with Gasteiger partial charge in [-0.15, -0.1) is 0 Å². The molecule has 1 N–H and O–H groups in total. The topological polar surface area (TPSA) is 76.5 Å². The second-order valence-corrected chi connectivity index (χ2v) is 14.6. The highest BCUT2D eigenvalue weighted by molar-refractivity contribution is 7.98. The molecular formula is C32H34ClF3N4O3S2. The quantitative estimate of drug-likeness (QED) is 0.183. The Balaban J connectivity index is 1.45. The van der Waals surface area contributed by atoms with Crippen LogP contribution in [0.1, 0.15) is 43.5 Å². The third-order valence-electron chi connectivity index (χ3n) is 8.14. The molecule has 1 aromatic heterocycles. The van der Waals surface area contributed by atoms with Gasteiger partial charge in [0, 0.05) is 28.5 Å². The lowest BCUT2D eigenvalue weighted by atomic mass is 9.81. The van der Waals surface area contributed by atoms with Gasteiger partial charge in [0.15, 0.2) is 5.16 Å². The number of rotatable bonds is 10. The molecule has 13 heteroatoms. The van der Waals surface area contributed by atoms with Crippen molar-refractivity contribution in [2.75, 3.05) is 27.2 Å². The first-order chi connectivity index (χ1) is 21.3. The number of sulfonamides is 1. The number of hydrogen-bond acceptors (Lipinski definition) is 6. The number of aromatic nitrogens is 2. The fraction of sp³-hybridized carbons (Fsp3) is 0.344. The Morgan fingerprint density at radius 2 is 1.69 bits per heavy atom. The molecule has 0 aliphatic carbocycles. The number of nitrogens with one attached hydrogen (secondary N) is 1. The summed E-state index contributed by atoms with van der Waals surface area (Å²) in [6.07, 6.45) is 2.89. The molecule has 0 atom stereocenters. The zero-order chi connectivity index (χ0) is 32.5. The van der Waals surface area contributed by atoms with Crippen LogP contribution in [-0.4, -0.2) is 56.2 Å². The van der Waals surface area contributed by atoms with Gasteiger partial charge < -0.3 is 9.64 Å². The summed E-state index contributed by atoms with van der Waals surface area (Å²) in [5.41, 5.74) is 1.25. The van der Waals surface area contributed by atoms with Gasteiger partial charge in [-0.3, -0.25) is 4.57 Å². The minimum absolute atomic E-state index is 0.173. The van der Waals surface area contributed by atoms with Crippen molar-refractivity contribution in [3.05, 3.63) is 100 Å². The Hall–Kier alpha value is -3.03. The lowest BCUT2D eigenvalue weighted by Gasteiger charge is -2.29. The predicted molar refractivity (Wildman–Crippen MR) is 170 cm³/mol. The van der Waals surface area contributed by atoms with E-state index in [-0.39, 0.29) is 17.4 Å². The average Bonchev–Trinajstić information content (AvgIpc) is 3.43. The molecule has 7 nitrogen and oxygen atoms in total. The lowest BCUT2D eigenvalue weighted by Crippen LogP contribution is -2.43. The minimum atomic E-state index is -4.12. The van der Waals surface area contributed by atoms with E-state index in [9.17, 15) is 12.8 Å². The molecular weight excluding hydrogens is 645 g/mol. The Labute approximate surface area is 270 Å². The first-order valence-electron chi connectivity index (χ1n) is 14.3. The van der Waals surface area contributed by atoms with Crippen molar-refractivity contribution >= 4 is 33.4 Å². The number of piperidine rings is 1. The number of benzene rings is 3. The van der Waals surface area contributed by atoms with Crippen molar-refractivity contribution in [2.24, 2.45) is 0 Å². The molecule has 0 amide bonds. The zero-order valence-corrected chi connectivity index (χ0v) is 27.7. The molecule has 45 heavy (non-hydrogen) atoms. The Bertz CT molecular complexity index is 1770. The van der Waals surface area contributed by atoms with E-state index in [1.165, 1.54) is 19.2 Å². The van der Waals surface area contributed by atoms with E-state index in [0.717, 1.165) is 48.2 Å². The fourth-order valence-electron chi connectivity index (χ4n) is 5.34. The van der Waals surface area contributed by atoms with Crippen LogP contribution in [0.15, 0.2) is 70.8 Å². The minimum Gasteiger partial charge on any atom is -0.495 e. The number of likely N-dealkylation sites (tertiary alicyclic amines) is 1. The van der Waals surface area contributed by atoms with Crippen LogP contribution >= 0.6 is 23.4 Å². The number of hydrogen-bond donors (Lipinski definition) is 1. The van der Waals surface area contributed by atoms with Gasteiger partial charge in [0.2, 0.25) is 10.0 Å². The highest BCUT2D eigenvalue weighted by atomic mass is 35.5. The summed E-state index contributed by atoms with van der Waals surface area (Å²) in [5.74, 6) is -2.03. The summed E-state index contributed by atoms with van der Waals surface area (Å²) >= 11 is 7.34. The number of methoxy groups -OCH3 is 1. The number of halogens is 4. The second kappa shape index (κ2) is 13.4. The maximum absolute atomic E-state index is 15.3. The first-order valence-corrected chi connectivity index (χ1v) is 17.1. The second-order valence-electron chi connectivity index (χ2n) is 11.6. The molecule has 0 radical (unpaired) electrons. The summed E-state index contributed by atoms with van der Waals surface area (Å²) in [6.45, 7) is 5.43. The average molecular weight is 679 g/mol. The van der Waals surface area contributed by atoms with Gasteiger partial charge in [-0.2, -0.15) is 0 Å². The maximum Gasteiger partial charge on any atom is 0.241 e. The van der Waals surface area contributed by atoms with Gasteiger partial charge in [0.05, 0.1) is 28.9 Å². The van der Waals surface area contributed by atoms with Crippen molar-refractivity contribution in [3.8, 4) is 11.4 Å². The third kappa shape index (κ3) is 7.20. The maximum atomic E-state index is 15.3.